The fourth-order valence-corrected chi connectivity index (χ4v) is 0.901. The van der Waals surface area contributed by atoms with Gasteiger partial charge in [-0.3, -0.25) is 9.78 Å². The Bertz CT molecular complexity index is 287. The van der Waals surface area contributed by atoms with Gasteiger partial charge in [0.2, 0.25) is 0 Å². The minimum atomic E-state index is 0.0488. The Morgan fingerprint density at radius 2 is 2.42 bits per heavy atom. The zero-order chi connectivity index (χ0) is 8.97. The maximum Gasteiger partial charge on any atom is 0.161 e. The number of nitrogens with zero attached hydrogens (tertiary/aromatic N) is 1. The number of hydrogen-bond acceptors (Lipinski definition) is 2. The summed E-state index contributed by atoms with van der Waals surface area (Å²) in [4.78, 5) is 15.0. The largest absolute Gasteiger partial charge is 0.294 e. The molecular weight excluding hydrogens is 150 g/mol. The summed E-state index contributed by atoms with van der Waals surface area (Å²) >= 11 is 0. The predicted molar refractivity (Wildman–Crippen MR) is 48.1 cm³/mol. The number of pyridine rings is 1. The number of aromatic nitrogens is 1. The highest BCUT2D eigenvalue weighted by molar-refractivity contribution is 5.93. The average Bonchev–Trinajstić information content (AvgIpc) is 2.06. The van der Waals surface area contributed by atoms with E-state index in [4.69, 9.17) is 0 Å². The van der Waals surface area contributed by atoms with Crippen molar-refractivity contribution >= 4 is 5.78 Å². The molecule has 1 aromatic rings. The number of ketones is 1. The molecule has 1 heterocycles. The van der Waals surface area contributed by atoms with Crippen molar-refractivity contribution in [2.45, 2.75) is 13.3 Å². The zero-order valence-corrected chi connectivity index (χ0v) is 7.08. The molecule has 0 saturated carbocycles. The third kappa shape index (κ3) is 2.02. The van der Waals surface area contributed by atoms with Crippen LogP contribution in [0.3, 0.4) is 0 Å². The van der Waals surface area contributed by atoms with E-state index in [-0.39, 0.29) is 5.78 Å². The van der Waals surface area contributed by atoms with Crippen molar-refractivity contribution in [2.75, 3.05) is 0 Å². The fraction of sp³-hybridized carbons (Fsp3) is 0.200. The zero-order valence-electron chi connectivity index (χ0n) is 7.08. The molecule has 12 heavy (non-hydrogen) atoms. The van der Waals surface area contributed by atoms with Gasteiger partial charge >= 0.3 is 0 Å². The van der Waals surface area contributed by atoms with E-state index in [1.165, 1.54) is 6.92 Å². The third-order valence-electron chi connectivity index (χ3n) is 1.58. The predicted octanol–water partition coefficient (Wildman–Crippen LogP) is 2.01. The maximum atomic E-state index is 10.9. The highest BCUT2D eigenvalue weighted by atomic mass is 16.1. The van der Waals surface area contributed by atoms with Crippen LogP contribution in [0.25, 0.3) is 0 Å². The second kappa shape index (κ2) is 3.81. The summed E-state index contributed by atoms with van der Waals surface area (Å²) in [6, 6.07) is 3.63. The highest BCUT2D eigenvalue weighted by Gasteiger charge is 1.98. The van der Waals surface area contributed by atoms with Crippen molar-refractivity contribution in [2.24, 2.45) is 0 Å². The van der Waals surface area contributed by atoms with E-state index >= 15 is 0 Å². The first kappa shape index (κ1) is 8.65. The molecule has 1 aromatic heterocycles. The number of Topliss-reactive ketones (excluding diaryl/α,β-unsaturated/α-hetero) is 1. The Hall–Kier alpha value is -1.44. The van der Waals surface area contributed by atoms with E-state index in [0.29, 0.717) is 5.56 Å². The molecule has 0 aliphatic heterocycles. The maximum absolute atomic E-state index is 10.9. The van der Waals surface area contributed by atoms with Gasteiger partial charge in [0.25, 0.3) is 0 Å². The summed E-state index contributed by atoms with van der Waals surface area (Å²) in [6.07, 6.45) is 4.13. The van der Waals surface area contributed by atoms with Gasteiger partial charge in [-0.25, -0.2) is 0 Å². The van der Waals surface area contributed by atoms with E-state index in [2.05, 4.69) is 11.6 Å². The minimum absolute atomic E-state index is 0.0488. The smallest absolute Gasteiger partial charge is 0.161 e. The van der Waals surface area contributed by atoms with Crippen LogP contribution in [0.4, 0.5) is 0 Å². The van der Waals surface area contributed by atoms with Gasteiger partial charge in [-0.1, -0.05) is 6.08 Å². The highest BCUT2D eigenvalue weighted by Crippen LogP contribution is 2.01. The van der Waals surface area contributed by atoms with Crippen molar-refractivity contribution in [3.05, 3.63) is 42.2 Å². The molecule has 2 heteroatoms. The first-order valence-electron chi connectivity index (χ1n) is 3.81. The van der Waals surface area contributed by atoms with Crippen molar-refractivity contribution in [3.8, 4) is 0 Å². The summed E-state index contributed by atoms with van der Waals surface area (Å²) in [5.41, 5.74) is 1.60. The Kier molecular flexibility index (Phi) is 2.75. The molecule has 0 saturated heterocycles. The summed E-state index contributed by atoms with van der Waals surface area (Å²) in [5.74, 6) is 0.0488. The van der Waals surface area contributed by atoms with Crippen molar-refractivity contribution in [1.29, 1.82) is 0 Å². The minimum Gasteiger partial charge on any atom is -0.294 e. The molecule has 0 fully saturated rings. The monoisotopic (exact) mass is 161 g/mol. The van der Waals surface area contributed by atoms with Crippen LogP contribution in [-0.4, -0.2) is 10.8 Å². The van der Waals surface area contributed by atoms with Gasteiger partial charge in [0, 0.05) is 23.9 Å². The molecule has 0 radical (unpaired) electrons. The fourth-order valence-electron chi connectivity index (χ4n) is 0.901. The van der Waals surface area contributed by atoms with E-state index in [0.717, 1.165) is 12.1 Å². The van der Waals surface area contributed by atoms with Gasteiger partial charge in [0.15, 0.2) is 5.78 Å². The first-order valence-corrected chi connectivity index (χ1v) is 3.81. The van der Waals surface area contributed by atoms with Gasteiger partial charge in [0.05, 0.1) is 0 Å². The molecule has 0 N–H and O–H groups in total. The van der Waals surface area contributed by atoms with Crippen LogP contribution in [0.15, 0.2) is 31.0 Å². The van der Waals surface area contributed by atoms with Crippen LogP contribution < -0.4 is 0 Å². The summed E-state index contributed by atoms with van der Waals surface area (Å²) in [7, 11) is 0. The van der Waals surface area contributed by atoms with Crippen molar-refractivity contribution < 1.29 is 4.79 Å². The Morgan fingerprint density at radius 3 is 2.83 bits per heavy atom. The number of carbonyl (C=O) groups excluding carboxylic acids is 1. The van der Waals surface area contributed by atoms with E-state index in [9.17, 15) is 4.79 Å². The Morgan fingerprint density at radius 1 is 1.67 bits per heavy atom. The van der Waals surface area contributed by atoms with Crippen molar-refractivity contribution in [1.82, 2.24) is 4.98 Å². The van der Waals surface area contributed by atoms with Crippen molar-refractivity contribution in [3.63, 3.8) is 0 Å². The second-order valence-corrected chi connectivity index (χ2v) is 2.59. The lowest BCUT2D eigenvalue weighted by Gasteiger charge is -1.96. The van der Waals surface area contributed by atoms with E-state index in [1.807, 2.05) is 6.07 Å². The van der Waals surface area contributed by atoms with Crippen LogP contribution in [0, 0.1) is 0 Å². The Balaban J connectivity index is 2.85. The number of carbonyl (C=O) groups is 1. The number of rotatable bonds is 3. The summed E-state index contributed by atoms with van der Waals surface area (Å²) < 4.78 is 0. The molecule has 0 unspecified atom stereocenters. The number of allylic oxidation sites excluding steroid dienone is 1. The van der Waals surface area contributed by atoms with Crippen LogP contribution in [0.5, 0.6) is 0 Å². The van der Waals surface area contributed by atoms with Gasteiger partial charge in [-0.05, 0) is 19.1 Å². The lowest BCUT2D eigenvalue weighted by atomic mass is 10.2. The molecule has 0 bridgehead atoms. The molecule has 0 atom stereocenters. The lowest BCUT2D eigenvalue weighted by molar-refractivity contribution is 0.101. The van der Waals surface area contributed by atoms with Gasteiger partial charge in [-0.2, -0.15) is 0 Å². The quantitative estimate of drug-likeness (QED) is 0.501. The van der Waals surface area contributed by atoms with E-state index in [1.54, 1.807) is 18.3 Å². The van der Waals surface area contributed by atoms with Gasteiger partial charge in [-0.15, -0.1) is 6.58 Å². The van der Waals surface area contributed by atoms with E-state index < -0.39 is 0 Å². The van der Waals surface area contributed by atoms with Crippen LogP contribution in [0.2, 0.25) is 0 Å². The van der Waals surface area contributed by atoms with Crippen LogP contribution >= 0.6 is 0 Å². The molecule has 0 aromatic carbocycles. The lowest BCUT2D eigenvalue weighted by Crippen LogP contribution is -1.94. The SMILES string of the molecule is C=CCc1ccc(C(C)=O)cn1. The molecule has 1 rings (SSSR count). The number of hydrogen-bond donors (Lipinski definition) is 0. The molecule has 0 spiro atoms. The first-order chi connectivity index (χ1) is 5.74. The van der Waals surface area contributed by atoms with Gasteiger partial charge in [0.1, 0.15) is 0 Å². The van der Waals surface area contributed by atoms with Gasteiger partial charge < -0.3 is 0 Å². The standard InChI is InChI=1S/C10H11NO/c1-3-4-10-6-5-9(7-11-10)8(2)12/h3,5-7H,1,4H2,2H3. The molecule has 0 aliphatic rings. The average molecular weight is 161 g/mol. The van der Waals surface area contributed by atoms with Crippen LogP contribution in [-0.2, 0) is 6.42 Å². The summed E-state index contributed by atoms with van der Waals surface area (Å²) in [5, 5.41) is 0. The third-order valence-corrected chi connectivity index (χ3v) is 1.58. The normalized spacial score (nSPS) is 9.42. The summed E-state index contributed by atoms with van der Waals surface area (Å²) in [6.45, 7) is 5.14. The van der Waals surface area contributed by atoms with Crippen LogP contribution in [0.1, 0.15) is 23.0 Å². The molecule has 62 valence electrons. The molecule has 2 nitrogen and oxygen atoms in total. The molecule has 0 amide bonds. The second-order valence-electron chi connectivity index (χ2n) is 2.59. The molecular formula is C10H11NO. The molecule has 0 aliphatic carbocycles. The topological polar surface area (TPSA) is 30.0 Å². The Labute approximate surface area is 71.9 Å².